The summed E-state index contributed by atoms with van der Waals surface area (Å²) in [6.45, 7) is 7.35. The van der Waals surface area contributed by atoms with E-state index in [1.165, 1.54) is 37.9 Å². The molecule has 1 unspecified atom stereocenters. The van der Waals surface area contributed by atoms with Gasteiger partial charge in [-0.25, -0.2) is 0 Å². The molecular weight excluding hydrogens is 345 g/mol. The molecule has 2 N–H and O–H groups in total. The average Bonchev–Trinajstić information content (AvgIpc) is 2.95. The zero-order chi connectivity index (χ0) is 15.2. The van der Waals surface area contributed by atoms with Crippen molar-refractivity contribution >= 4 is 24.8 Å². The lowest BCUT2D eigenvalue weighted by Gasteiger charge is -2.26. The molecule has 3 rings (SSSR count). The fourth-order valence-electron chi connectivity index (χ4n) is 3.49. The van der Waals surface area contributed by atoms with Crippen LogP contribution in [-0.4, -0.2) is 55.2 Å². The second-order valence-corrected chi connectivity index (χ2v) is 6.64. The van der Waals surface area contributed by atoms with Crippen LogP contribution in [0.4, 0.5) is 0 Å². The van der Waals surface area contributed by atoms with E-state index < -0.39 is 0 Å². The minimum atomic E-state index is 0. The van der Waals surface area contributed by atoms with Crippen molar-refractivity contribution in [3.63, 3.8) is 0 Å². The highest BCUT2D eigenvalue weighted by atomic mass is 35.5. The highest BCUT2D eigenvalue weighted by molar-refractivity contribution is 5.85. The van der Waals surface area contributed by atoms with Crippen LogP contribution in [0.15, 0.2) is 24.3 Å². The van der Waals surface area contributed by atoms with Crippen LogP contribution in [0.5, 0.6) is 5.75 Å². The van der Waals surface area contributed by atoms with Gasteiger partial charge in [-0.05, 0) is 38.4 Å². The number of nitrogens with zero attached hydrogens (tertiary/aromatic N) is 2. The third-order valence-corrected chi connectivity index (χ3v) is 4.79. The topological polar surface area (TPSA) is 41.7 Å². The lowest BCUT2D eigenvalue weighted by atomic mass is 10.1. The van der Waals surface area contributed by atoms with Crippen LogP contribution in [-0.2, 0) is 6.54 Å². The highest BCUT2D eigenvalue weighted by Crippen LogP contribution is 2.22. The lowest BCUT2D eigenvalue weighted by molar-refractivity contribution is 0.181. The third kappa shape index (κ3) is 6.41. The van der Waals surface area contributed by atoms with Gasteiger partial charge in [0.05, 0.1) is 0 Å². The summed E-state index contributed by atoms with van der Waals surface area (Å²) < 4.78 is 6.08. The van der Waals surface area contributed by atoms with Gasteiger partial charge in [-0.15, -0.1) is 24.8 Å². The summed E-state index contributed by atoms with van der Waals surface area (Å²) in [5, 5.41) is 0. The van der Waals surface area contributed by atoms with Crippen molar-refractivity contribution in [1.29, 1.82) is 0 Å². The number of halogens is 2. The van der Waals surface area contributed by atoms with Crippen molar-refractivity contribution in [2.24, 2.45) is 5.73 Å². The second-order valence-electron chi connectivity index (χ2n) is 6.64. The van der Waals surface area contributed by atoms with E-state index in [9.17, 15) is 0 Å². The Balaban J connectivity index is 0.00000144. The molecule has 24 heavy (non-hydrogen) atoms. The Morgan fingerprint density at radius 3 is 2.46 bits per heavy atom. The number of piperidine rings is 1. The molecule has 1 aromatic rings. The molecule has 0 spiro atoms. The largest absolute Gasteiger partial charge is 0.492 e. The van der Waals surface area contributed by atoms with Gasteiger partial charge in [-0.3, -0.25) is 9.80 Å². The SMILES string of the molecule is Cl.Cl.NC1CCN(Cc2ccccc2OCCN2CCCCC2)C1. The molecule has 138 valence electrons. The molecule has 1 aromatic carbocycles. The number of para-hydroxylation sites is 1. The highest BCUT2D eigenvalue weighted by Gasteiger charge is 2.20. The van der Waals surface area contributed by atoms with Crippen LogP contribution in [0.2, 0.25) is 0 Å². The molecular formula is C18H31Cl2N3O. The summed E-state index contributed by atoms with van der Waals surface area (Å²) in [7, 11) is 0. The number of ether oxygens (including phenoxy) is 1. The van der Waals surface area contributed by atoms with E-state index in [2.05, 4.69) is 34.1 Å². The first-order valence-electron chi connectivity index (χ1n) is 8.72. The van der Waals surface area contributed by atoms with Crippen molar-refractivity contribution in [2.45, 2.75) is 38.3 Å². The van der Waals surface area contributed by atoms with Gasteiger partial charge >= 0.3 is 0 Å². The predicted octanol–water partition coefficient (Wildman–Crippen LogP) is 2.93. The molecule has 0 aliphatic carbocycles. The Kier molecular flexibility index (Phi) is 10.0. The minimum absolute atomic E-state index is 0. The summed E-state index contributed by atoms with van der Waals surface area (Å²) in [4.78, 5) is 4.95. The number of nitrogens with two attached hydrogens (primary N) is 1. The van der Waals surface area contributed by atoms with E-state index in [4.69, 9.17) is 10.5 Å². The Bertz CT molecular complexity index is 469. The molecule has 0 aromatic heterocycles. The summed E-state index contributed by atoms with van der Waals surface area (Å²) >= 11 is 0. The van der Waals surface area contributed by atoms with Crippen molar-refractivity contribution < 1.29 is 4.74 Å². The zero-order valence-corrected chi connectivity index (χ0v) is 16.0. The van der Waals surface area contributed by atoms with E-state index >= 15 is 0 Å². The summed E-state index contributed by atoms with van der Waals surface area (Å²) in [6, 6.07) is 8.78. The van der Waals surface area contributed by atoms with Crippen LogP contribution >= 0.6 is 24.8 Å². The maximum absolute atomic E-state index is 6.08. The van der Waals surface area contributed by atoms with Gasteiger partial charge in [-0.2, -0.15) is 0 Å². The van der Waals surface area contributed by atoms with Crippen LogP contribution in [0, 0.1) is 0 Å². The molecule has 2 aliphatic rings. The second kappa shape index (κ2) is 11.2. The van der Waals surface area contributed by atoms with Gasteiger partial charge in [0, 0.05) is 37.8 Å². The number of benzene rings is 1. The number of hydrogen-bond acceptors (Lipinski definition) is 4. The summed E-state index contributed by atoms with van der Waals surface area (Å²) in [5.41, 5.74) is 7.29. The van der Waals surface area contributed by atoms with Gasteiger partial charge in [0.1, 0.15) is 12.4 Å². The van der Waals surface area contributed by atoms with E-state index in [1.54, 1.807) is 0 Å². The van der Waals surface area contributed by atoms with E-state index in [1.807, 2.05) is 0 Å². The minimum Gasteiger partial charge on any atom is -0.492 e. The maximum Gasteiger partial charge on any atom is 0.123 e. The van der Waals surface area contributed by atoms with Gasteiger partial charge in [0.25, 0.3) is 0 Å². The average molecular weight is 376 g/mol. The zero-order valence-electron chi connectivity index (χ0n) is 14.4. The van der Waals surface area contributed by atoms with Crippen molar-refractivity contribution in [1.82, 2.24) is 9.80 Å². The smallest absolute Gasteiger partial charge is 0.123 e. The predicted molar refractivity (Wildman–Crippen MR) is 105 cm³/mol. The Labute approximate surface area is 158 Å². The van der Waals surface area contributed by atoms with E-state index in [0.717, 1.165) is 45.0 Å². The molecule has 4 nitrogen and oxygen atoms in total. The fourth-order valence-corrected chi connectivity index (χ4v) is 3.49. The maximum atomic E-state index is 6.08. The molecule has 2 aliphatic heterocycles. The van der Waals surface area contributed by atoms with Gasteiger partial charge in [0.2, 0.25) is 0 Å². The van der Waals surface area contributed by atoms with Crippen LogP contribution in [0.1, 0.15) is 31.2 Å². The van der Waals surface area contributed by atoms with Crippen molar-refractivity contribution in [2.75, 3.05) is 39.3 Å². The van der Waals surface area contributed by atoms with E-state index in [-0.39, 0.29) is 24.8 Å². The molecule has 0 saturated carbocycles. The van der Waals surface area contributed by atoms with Crippen LogP contribution < -0.4 is 10.5 Å². The summed E-state index contributed by atoms with van der Waals surface area (Å²) in [5.74, 6) is 1.04. The standard InChI is InChI=1S/C18H29N3O.2ClH/c19-17-8-11-21(15-17)14-16-6-2-3-7-18(16)22-13-12-20-9-4-1-5-10-20;;/h2-3,6-7,17H,1,4-5,8-15,19H2;2*1H. The van der Waals surface area contributed by atoms with Crippen molar-refractivity contribution in [3.05, 3.63) is 29.8 Å². The molecule has 0 radical (unpaired) electrons. The number of rotatable bonds is 6. The molecule has 2 fully saturated rings. The van der Waals surface area contributed by atoms with Gasteiger partial charge in [-0.1, -0.05) is 24.6 Å². The molecule has 0 amide bonds. The first-order valence-corrected chi connectivity index (χ1v) is 8.72. The molecule has 2 saturated heterocycles. The molecule has 0 bridgehead atoms. The number of hydrogen-bond donors (Lipinski definition) is 1. The van der Waals surface area contributed by atoms with E-state index in [0.29, 0.717) is 6.04 Å². The van der Waals surface area contributed by atoms with Gasteiger partial charge in [0.15, 0.2) is 0 Å². The van der Waals surface area contributed by atoms with Crippen molar-refractivity contribution in [3.8, 4) is 5.75 Å². The van der Waals surface area contributed by atoms with Crippen LogP contribution in [0.3, 0.4) is 0 Å². The molecule has 6 heteroatoms. The Hall–Kier alpha value is -0.520. The summed E-state index contributed by atoms with van der Waals surface area (Å²) in [6.07, 6.45) is 5.17. The van der Waals surface area contributed by atoms with Crippen LogP contribution in [0.25, 0.3) is 0 Å². The quantitative estimate of drug-likeness (QED) is 0.829. The molecule has 1 atom stereocenters. The fraction of sp³-hybridized carbons (Fsp3) is 0.667. The third-order valence-electron chi connectivity index (χ3n) is 4.79. The molecule has 2 heterocycles. The lowest BCUT2D eigenvalue weighted by Crippen LogP contribution is -2.33. The van der Waals surface area contributed by atoms with Gasteiger partial charge < -0.3 is 10.5 Å². The Morgan fingerprint density at radius 1 is 1.00 bits per heavy atom. The first kappa shape index (κ1) is 21.5. The monoisotopic (exact) mass is 375 g/mol. The first-order chi connectivity index (χ1) is 10.8. The Morgan fingerprint density at radius 2 is 1.75 bits per heavy atom. The normalized spacial score (nSPS) is 21.8. The number of likely N-dealkylation sites (tertiary alicyclic amines) is 2.